The Morgan fingerprint density at radius 2 is 2.03 bits per heavy atom. The molecule has 6 nitrogen and oxygen atoms in total. The number of likely N-dealkylation sites (tertiary alicyclic amines) is 1. The van der Waals surface area contributed by atoms with E-state index < -0.39 is 0 Å². The zero-order valence-corrected chi connectivity index (χ0v) is 18.6. The van der Waals surface area contributed by atoms with E-state index in [-0.39, 0.29) is 11.8 Å². The summed E-state index contributed by atoms with van der Waals surface area (Å²) in [5.41, 5.74) is 3.33. The highest BCUT2D eigenvalue weighted by Crippen LogP contribution is 2.27. The Kier molecular flexibility index (Phi) is 7.77. The molecule has 0 radical (unpaired) electrons. The van der Waals surface area contributed by atoms with Crippen molar-refractivity contribution in [1.82, 2.24) is 10.2 Å². The first-order valence-electron chi connectivity index (χ1n) is 11.7. The molecule has 2 aromatic rings. The smallest absolute Gasteiger partial charge is 0.224 e. The van der Waals surface area contributed by atoms with E-state index in [1.807, 2.05) is 18.2 Å². The lowest BCUT2D eigenvalue weighted by atomic mass is 9.97. The second-order valence-corrected chi connectivity index (χ2v) is 8.85. The van der Waals surface area contributed by atoms with Crippen LogP contribution in [-0.2, 0) is 22.6 Å². The maximum Gasteiger partial charge on any atom is 0.224 e. The first kappa shape index (κ1) is 22.3. The Balaban J connectivity index is 1.12. The van der Waals surface area contributed by atoms with Crippen LogP contribution in [0.1, 0.15) is 43.2 Å². The standard InChI is InChI=1S/C26H33N3O3/c30-25(9-5-15-32-23-11-12-24-22(16-23)10-13-26(31)28-24)27-17-21-8-4-14-29(19-21)18-20-6-2-1-3-7-20/h1-3,6-7,11-12,16,21H,4-5,8-10,13-15,17-19H2,(H,27,30)(H,28,31). The quantitative estimate of drug-likeness (QED) is 0.589. The van der Waals surface area contributed by atoms with E-state index in [0.29, 0.717) is 31.8 Å². The fourth-order valence-corrected chi connectivity index (χ4v) is 4.52. The van der Waals surface area contributed by atoms with Crippen LogP contribution in [0.5, 0.6) is 5.75 Å². The van der Waals surface area contributed by atoms with Crippen molar-refractivity contribution in [1.29, 1.82) is 0 Å². The third-order valence-electron chi connectivity index (χ3n) is 6.23. The predicted molar refractivity (Wildman–Crippen MR) is 126 cm³/mol. The fraction of sp³-hybridized carbons (Fsp3) is 0.462. The molecule has 0 spiro atoms. The van der Waals surface area contributed by atoms with Crippen molar-refractivity contribution in [2.24, 2.45) is 5.92 Å². The molecule has 0 saturated carbocycles. The molecule has 1 saturated heterocycles. The van der Waals surface area contributed by atoms with Crippen molar-refractivity contribution >= 4 is 17.5 Å². The van der Waals surface area contributed by atoms with Gasteiger partial charge in [0, 0.05) is 38.2 Å². The van der Waals surface area contributed by atoms with Gasteiger partial charge < -0.3 is 15.4 Å². The summed E-state index contributed by atoms with van der Waals surface area (Å²) in [4.78, 5) is 26.2. The molecule has 1 atom stereocenters. The molecule has 2 aromatic carbocycles. The zero-order chi connectivity index (χ0) is 22.2. The van der Waals surface area contributed by atoms with Gasteiger partial charge in [-0.3, -0.25) is 14.5 Å². The summed E-state index contributed by atoms with van der Waals surface area (Å²) >= 11 is 0. The van der Waals surface area contributed by atoms with Crippen LogP contribution in [0.2, 0.25) is 0 Å². The number of amides is 2. The van der Waals surface area contributed by atoms with Gasteiger partial charge in [-0.05, 0) is 67.5 Å². The van der Waals surface area contributed by atoms with Crippen LogP contribution in [0.15, 0.2) is 48.5 Å². The highest BCUT2D eigenvalue weighted by atomic mass is 16.5. The van der Waals surface area contributed by atoms with Crippen LogP contribution in [0.25, 0.3) is 0 Å². The van der Waals surface area contributed by atoms with Crippen LogP contribution in [0.3, 0.4) is 0 Å². The maximum atomic E-state index is 12.3. The average molecular weight is 436 g/mol. The molecule has 4 rings (SSSR count). The van der Waals surface area contributed by atoms with Crippen LogP contribution in [0, 0.1) is 5.92 Å². The first-order valence-corrected chi connectivity index (χ1v) is 11.7. The van der Waals surface area contributed by atoms with E-state index in [2.05, 4.69) is 45.9 Å². The van der Waals surface area contributed by atoms with Crippen LogP contribution >= 0.6 is 0 Å². The van der Waals surface area contributed by atoms with Crippen molar-refractivity contribution in [3.8, 4) is 5.75 Å². The molecule has 0 bridgehead atoms. The summed E-state index contributed by atoms with van der Waals surface area (Å²) in [6, 6.07) is 16.3. The minimum Gasteiger partial charge on any atom is -0.494 e. The Labute approximate surface area is 190 Å². The molecule has 1 fully saturated rings. The minimum absolute atomic E-state index is 0.0642. The number of hydrogen-bond acceptors (Lipinski definition) is 4. The van der Waals surface area contributed by atoms with Crippen molar-refractivity contribution < 1.29 is 14.3 Å². The Hall–Kier alpha value is -2.86. The molecule has 0 aliphatic carbocycles. The molecule has 1 unspecified atom stereocenters. The van der Waals surface area contributed by atoms with E-state index in [1.165, 1.54) is 18.4 Å². The van der Waals surface area contributed by atoms with Crippen molar-refractivity contribution in [3.05, 3.63) is 59.7 Å². The number of ether oxygens (including phenoxy) is 1. The number of benzene rings is 2. The second-order valence-electron chi connectivity index (χ2n) is 8.85. The number of anilines is 1. The number of carbonyl (C=O) groups is 2. The van der Waals surface area contributed by atoms with Gasteiger partial charge in [0.15, 0.2) is 0 Å². The van der Waals surface area contributed by atoms with Gasteiger partial charge in [0.05, 0.1) is 6.61 Å². The van der Waals surface area contributed by atoms with Gasteiger partial charge in [-0.25, -0.2) is 0 Å². The van der Waals surface area contributed by atoms with Crippen molar-refractivity contribution in [3.63, 3.8) is 0 Å². The molecular weight excluding hydrogens is 402 g/mol. The molecule has 32 heavy (non-hydrogen) atoms. The maximum absolute atomic E-state index is 12.3. The van der Waals surface area contributed by atoms with Gasteiger partial charge in [-0.15, -0.1) is 0 Å². The SMILES string of the molecule is O=C(CCCOc1ccc2c(c1)CCC(=O)N2)NCC1CCCN(Cc2ccccc2)C1. The highest BCUT2D eigenvalue weighted by Gasteiger charge is 2.20. The van der Waals surface area contributed by atoms with Crippen molar-refractivity contribution in [2.75, 3.05) is 31.6 Å². The topological polar surface area (TPSA) is 70.7 Å². The lowest BCUT2D eigenvalue weighted by Crippen LogP contribution is -2.40. The zero-order valence-electron chi connectivity index (χ0n) is 18.6. The number of aryl methyl sites for hydroxylation is 1. The highest BCUT2D eigenvalue weighted by molar-refractivity contribution is 5.94. The van der Waals surface area contributed by atoms with Gasteiger partial charge in [-0.1, -0.05) is 30.3 Å². The Morgan fingerprint density at radius 1 is 1.16 bits per heavy atom. The molecule has 2 aliphatic heterocycles. The van der Waals surface area contributed by atoms with Crippen LogP contribution < -0.4 is 15.4 Å². The molecule has 2 N–H and O–H groups in total. The normalized spacial score (nSPS) is 18.5. The number of carbonyl (C=O) groups excluding carboxylic acids is 2. The van der Waals surface area contributed by atoms with Gasteiger partial charge in [0.25, 0.3) is 0 Å². The van der Waals surface area contributed by atoms with Gasteiger partial charge in [-0.2, -0.15) is 0 Å². The number of fused-ring (bicyclic) bond motifs is 1. The lowest BCUT2D eigenvalue weighted by molar-refractivity contribution is -0.121. The molecule has 0 aromatic heterocycles. The monoisotopic (exact) mass is 435 g/mol. The van der Waals surface area contributed by atoms with E-state index in [1.54, 1.807) is 0 Å². The van der Waals surface area contributed by atoms with E-state index in [4.69, 9.17) is 4.74 Å². The van der Waals surface area contributed by atoms with Gasteiger partial charge in [0.1, 0.15) is 5.75 Å². The summed E-state index contributed by atoms with van der Waals surface area (Å²) in [6.07, 6.45) is 4.78. The second kappa shape index (κ2) is 11.1. The summed E-state index contributed by atoms with van der Waals surface area (Å²) in [5.74, 6) is 1.47. The Bertz CT molecular complexity index is 916. The predicted octanol–water partition coefficient (Wildman–Crippen LogP) is 3.76. The third-order valence-corrected chi connectivity index (χ3v) is 6.23. The first-order chi connectivity index (χ1) is 15.7. The molecule has 2 aliphatic rings. The van der Waals surface area contributed by atoms with Crippen molar-refractivity contribution in [2.45, 2.75) is 45.1 Å². The Morgan fingerprint density at radius 3 is 2.91 bits per heavy atom. The molecule has 2 heterocycles. The average Bonchev–Trinajstić information content (AvgIpc) is 2.81. The number of hydrogen-bond donors (Lipinski definition) is 2. The number of nitrogens with zero attached hydrogens (tertiary/aromatic N) is 1. The van der Waals surface area contributed by atoms with Gasteiger partial charge in [0.2, 0.25) is 11.8 Å². The summed E-state index contributed by atoms with van der Waals surface area (Å²) < 4.78 is 5.82. The summed E-state index contributed by atoms with van der Waals surface area (Å²) in [5, 5.41) is 5.99. The lowest BCUT2D eigenvalue weighted by Gasteiger charge is -2.32. The van der Waals surface area contributed by atoms with Crippen LogP contribution in [-0.4, -0.2) is 43.0 Å². The fourth-order valence-electron chi connectivity index (χ4n) is 4.52. The number of rotatable bonds is 9. The summed E-state index contributed by atoms with van der Waals surface area (Å²) in [7, 11) is 0. The molecule has 6 heteroatoms. The molecule has 2 amide bonds. The minimum atomic E-state index is 0.0642. The van der Waals surface area contributed by atoms with Crippen LogP contribution in [0.4, 0.5) is 5.69 Å². The largest absolute Gasteiger partial charge is 0.494 e. The molecular formula is C26H33N3O3. The van der Waals surface area contributed by atoms with E-state index >= 15 is 0 Å². The summed E-state index contributed by atoms with van der Waals surface area (Å²) in [6.45, 7) is 4.41. The van der Waals surface area contributed by atoms with Gasteiger partial charge >= 0.3 is 0 Å². The van der Waals surface area contributed by atoms with E-state index in [9.17, 15) is 9.59 Å². The number of nitrogens with one attached hydrogen (secondary N) is 2. The molecule has 170 valence electrons. The third kappa shape index (κ3) is 6.57. The number of piperidine rings is 1. The van der Waals surface area contributed by atoms with E-state index in [0.717, 1.165) is 49.6 Å².